The van der Waals surface area contributed by atoms with E-state index < -0.39 is 58.8 Å². The normalized spacial score (nSPS) is 13.4. The van der Waals surface area contributed by atoms with Crippen molar-refractivity contribution in [3.63, 3.8) is 0 Å². The number of hydrogen-bond acceptors (Lipinski definition) is 11. The van der Waals surface area contributed by atoms with E-state index in [0.717, 1.165) is 27.7 Å². The molecule has 268 valence electrons. The van der Waals surface area contributed by atoms with Crippen LogP contribution in [-0.4, -0.2) is 105 Å². The van der Waals surface area contributed by atoms with Crippen molar-refractivity contribution >= 4 is 45.6 Å². The van der Waals surface area contributed by atoms with Crippen LogP contribution in [0.4, 0.5) is 0 Å². The summed E-state index contributed by atoms with van der Waals surface area (Å²) in [6, 6.07) is 10.6. The molecule has 0 saturated heterocycles. The summed E-state index contributed by atoms with van der Waals surface area (Å²) in [5.41, 5.74) is 24.7. The Morgan fingerprint density at radius 2 is 1.29 bits per heavy atom. The van der Waals surface area contributed by atoms with Crippen LogP contribution in [0.1, 0.15) is 23.2 Å². The molecule has 0 amide bonds. The zero-order valence-electron chi connectivity index (χ0n) is 26.6. The first kappa shape index (κ1) is 41.9. The summed E-state index contributed by atoms with van der Waals surface area (Å²) in [7, 11) is -0.946. The maximum Gasteiger partial charge on any atom is 0.320 e. The molecule has 49 heavy (non-hydrogen) atoms. The second-order valence-electron chi connectivity index (χ2n) is 10.6. The number of fused-ring (bicyclic) bond motifs is 1. The van der Waals surface area contributed by atoms with Gasteiger partial charge in [-0.1, -0.05) is 30.3 Å². The number of imidazole rings is 1. The fourth-order valence-corrected chi connectivity index (χ4v) is 4.32. The smallest absolute Gasteiger partial charge is 0.320 e. The lowest BCUT2D eigenvalue weighted by Gasteiger charge is -2.05. The fourth-order valence-electron chi connectivity index (χ4n) is 3.73. The van der Waals surface area contributed by atoms with Crippen LogP contribution in [0.25, 0.3) is 10.9 Å². The Kier molecular flexibility index (Phi) is 18.5. The number of hydrogen-bond donors (Lipinski definition) is 11. The van der Waals surface area contributed by atoms with Crippen LogP contribution in [-0.2, 0) is 49.2 Å². The van der Waals surface area contributed by atoms with Gasteiger partial charge in [-0.15, -0.1) is 0 Å². The third-order valence-corrected chi connectivity index (χ3v) is 7.30. The van der Waals surface area contributed by atoms with Crippen LogP contribution in [0.2, 0.25) is 0 Å². The van der Waals surface area contributed by atoms with Gasteiger partial charge in [0.05, 0.1) is 6.33 Å². The Hall–Kier alpha value is -5.14. The fraction of sp³-hybridized carbons (Fsp3) is 0.323. The zero-order valence-corrected chi connectivity index (χ0v) is 27.5. The highest BCUT2D eigenvalue weighted by Crippen LogP contribution is 2.18. The maximum absolute atomic E-state index is 10.6. The van der Waals surface area contributed by atoms with Crippen molar-refractivity contribution in [3.05, 3.63) is 84.1 Å². The zero-order chi connectivity index (χ0) is 37.1. The van der Waals surface area contributed by atoms with E-state index in [0.29, 0.717) is 12.2 Å². The molecule has 5 atom stereocenters. The second kappa shape index (κ2) is 21.7. The number of aliphatic carboxylic acids is 4. The average molecular weight is 706 g/mol. The van der Waals surface area contributed by atoms with Crippen LogP contribution >= 0.6 is 0 Å². The topological polar surface area (TPSA) is 335 Å². The largest absolute Gasteiger partial charge is 0.508 e. The molecule has 0 saturated carbocycles. The molecular formula is C31H43N7O10S. The number of nitrogens with two attached hydrogens (primary N) is 4. The van der Waals surface area contributed by atoms with Crippen LogP contribution < -0.4 is 22.9 Å². The van der Waals surface area contributed by atoms with E-state index in [4.69, 9.17) is 48.5 Å². The van der Waals surface area contributed by atoms with Crippen molar-refractivity contribution in [1.29, 1.82) is 0 Å². The number of carboxylic acids is 4. The Morgan fingerprint density at radius 1 is 0.755 bits per heavy atom. The highest BCUT2D eigenvalue weighted by molar-refractivity contribution is 7.84. The number of nitrogens with zero attached hydrogens (tertiary/aromatic N) is 1. The van der Waals surface area contributed by atoms with Crippen molar-refractivity contribution in [3.8, 4) is 5.75 Å². The van der Waals surface area contributed by atoms with Gasteiger partial charge in [-0.25, -0.2) is 4.98 Å². The number of phenolic OH excluding ortho intramolecular Hbond substituents is 1. The van der Waals surface area contributed by atoms with Crippen molar-refractivity contribution in [2.24, 2.45) is 22.9 Å². The average Bonchev–Trinajstić information content (AvgIpc) is 3.72. The molecule has 0 spiro atoms. The molecule has 0 bridgehead atoms. The number of aromatic amines is 2. The Labute approximate surface area is 283 Å². The molecule has 2 aromatic carbocycles. The van der Waals surface area contributed by atoms with E-state index in [-0.39, 0.29) is 25.0 Å². The highest BCUT2D eigenvalue weighted by atomic mass is 32.2. The molecule has 0 aliphatic heterocycles. The SMILES string of the molecule is CS(=O)CC[C@H](N)C(=O)O.N[C@@H](Cc1c[nH]c2ccccc12)C(=O)O.N[C@@H](Cc1ccc(O)cc1)C(=O)O.N[C@@H](Cc1cnc[nH]1)C(=O)O. The highest BCUT2D eigenvalue weighted by Gasteiger charge is 2.15. The van der Waals surface area contributed by atoms with Gasteiger partial charge in [-0.3, -0.25) is 23.4 Å². The van der Waals surface area contributed by atoms with Crippen LogP contribution in [0.15, 0.2) is 67.3 Å². The lowest BCUT2D eigenvalue weighted by Crippen LogP contribution is -2.32. The molecule has 4 aromatic rings. The predicted octanol–water partition coefficient (Wildman–Crippen LogP) is -0.0001000. The molecule has 2 heterocycles. The van der Waals surface area contributed by atoms with Gasteiger partial charge >= 0.3 is 23.9 Å². The molecular weight excluding hydrogens is 662 g/mol. The number of para-hydroxylation sites is 1. The number of aromatic hydroxyl groups is 1. The van der Waals surface area contributed by atoms with Gasteiger partial charge in [-0.2, -0.15) is 0 Å². The molecule has 0 aliphatic rings. The summed E-state index contributed by atoms with van der Waals surface area (Å²) in [5, 5.41) is 43.9. The minimum Gasteiger partial charge on any atom is -0.508 e. The van der Waals surface area contributed by atoms with Crippen molar-refractivity contribution in [2.45, 2.75) is 49.9 Å². The Bertz CT molecular complexity index is 1630. The van der Waals surface area contributed by atoms with Gasteiger partial charge in [0, 0.05) is 64.6 Å². The molecule has 0 aliphatic carbocycles. The van der Waals surface area contributed by atoms with E-state index in [1.807, 2.05) is 30.5 Å². The molecule has 0 fully saturated rings. The summed E-state index contributed by atoms with van der Waals surface area (Å²) in [4.78, 5) is 51.0. The first-order chi connectivity index (χ1) is 23.0. The predicted molar refractivity (Wildman–Crippen MR) is 182 cm³/mol. The van der Waals surface area contributed by atoms with Gasteiger partial charge in [0.2, 0.25) is 0 Å². The van der Waals surface area contributed by atoms with Crippen LogP contribution in [0, 0.1) is 0 Å². The third kappa shape index (κ3) is 17.0. The van der Waals surface area contributed by atoms with E-state index in [1.165, 1.54) is 24.7 Å². The summed E-state index contributed by atoms with van der Waals surface area (Å²) in [6.45, 7) is 0. The van der Waals surface area contributed by atoms with Crippen LogP contribution in [0.3, 0.4) is 0 Å². The number of carboxylic acid groups (broad SMARTS) is 4. The third-order valence-electron chi connectivity index (χ3n) is 6.49. The number of rotatable bonds is 13. The molecule has 2 aromatic heterocycles. The number of phenols is 1. The first-order valence-electron chi connectivity index (χ1n) is 14.5. The number of benzene rings is 2. The second-order valence-corrected chi connectivity index (χ2v) is 12.1. The van der Waals surface area contributed by atoms with E-state index in [2.05, 4.69) is 15.0 Å². The van der Waals surface area contributed by atoms with Gasteiger partial charge in [-0.05, 0) is 42.2 Å². The van der Waals surface area contributed by atoms with Crippen molar-refractivity contribution in [2.75, 3.05) is 12.0 Å². The minimum absolute atomic E-state index is 0.160. The molecule has 18 heteroatoms. The minimum atomic E-state index is -1.04. The maximum atomic E-state index is 10.6. The molecule has 15 N–H and O–H groups in total. The number of aromatic nitrogens is 3. The van der Waals surface area contributed by atoms with Crippen LogP contribution in [0.5, 0.6) is 5.75 Å². The molecule has 4 rings (SSSR count). The monoisotopic (exact) mass is 705 g/mol. The first-order valence-corrected chi connectivity index (χ1v) is 16.3. The number of nitrogens with one attached hydrogen (secondary N) is 2. The summed E-state index contributed by atoms with van der Waals surface area (Å²) in [5.74, 6) is -3.51. The van der Waals surface area contributed by atoms with Gasteiger partial charge in [0.25, 0.3) is 0 Å². The molecule has 0 radical (unpaired) electrons. The molecule has 17 nitrogen and oxygen atoms in total. The van der Waals surface area contributed by atoms with Gasteiger partial charge < -0.3 is 58.4 Å². The quantitative estimate of drug-likeness (QED) is 0.0872. The van der Waals surface area contributed by atoms with E-state index in [1.54, 1.807) is 18.3 Å². The standard InChI is InChI=1S/C11H12N2O2.C9H11NO3.C6H9N3O2.C5H11NO3S/c12-9(11(14)15)5-7-6-13-10-4-2-1-3-8(7)10;10-8(9(12)13)5-6-1-3-7(11)4-2-6;7-5(6(10)11)1-4-2-8-3-9-4;1-10(9)3-2-4(6)5(7)8/h1-4,6,9,13H,5,12H2,(H,14,15);1-4,8,11H,5,10H2,(H,12,13);2-3,5H,1,7H2,(H,8,9)(H,10,11);4H,2-3,6H2,1H3,(H,7,8)/t9-;8-;5-;4-,10?/m0000/s1. The Balaban J connectivity index is 0.000000331. The summed E-state index contributed by atoms with van der Waals surface area (Å²) >= 11 is 0. The summed E-state index contributed by atoms with van der Waals surface area (Å²) in [6.07, 6.45) is 7.57. The van der Waals surface area contributed by atoms with Crippen molar-refractivity contribution in [1.82, 2.24) is 15.0 Å². The van der Waals surface area contributed by atoms with E-state index in [9.17, 15) is 23.4 Å². The summed E-state index contributed by atoms with van der Waals surface area (Å²) < 4.78 is 10.4. The number of H-pyrrole nitrogens is 2. The molecule has 1 unspecified atom stereocenters. The van der Waals surface area contributed by atoms with E-state index >= 15 is 0 Å². The number of carbonyl (C=O) groups is 4. The van der Waals surface area contributed by atoms with Gasteiger partial charge in [0.1, 0.15) is 29.9 Å². The lowest BCUT2D eigenvalue weighted by molar-refractivity contribution is -0.139. The van der Waals surface area contributed by atoms with Crippen molar-refractivity contribution < 1.29 is 48.9 Å². The van der Waals surface area contributed by atoms with Gasteiger partial charge in [0.15, 0.2) is 0 Å². The Morgan fingerprint density at radius 3 is 1.80 bits per heavy atom. The lowest BCUT2D eigenvalue weighted by atomic mass is 10.1.